The van der Waals surface area contributed by atoms with Gasteiger partial charge in [-0.2, -0.15) is 0 Å². The second-order valence-corrected chi connectivity index (χ2v) is 5.56. The fourth-order valence-corrected chi connectivity index (χ4v) is 2.95. The molecule has 0 spiro atoms. The van der Waals surface area contributed by atoms with E-state index in [-0.39, 0.29) is 0 Å². The van der Waals surface area contributed by atoms with E-state index in [0.717, 1.165) is 23.1 Å². The lowest BCUT2D eigenvalue weighted by atomic mass is 9.74. The van der Waals surface area contributed by atoms with Crippen LogP contribution in [0.3, 0.4) is 0 Å². The molecule has 3 N–H and O–H groups in total. The Bertz CT molecular complexity index is 391. The average molecular weight is 299 g/mol. The lowest BCUT2D eigenvalue weighted by Gasteiger charge is -2.39. The minimum atomic E-state index is 0.322. The van der Waals surface area contributed by atoms with Gasteiger partial charge in [-0.1, -0.05) is 15.9 Å². The summed E-state index contributed by atoms with van der Waals surface area (Å²) in [4.78, 5) is 0. The Hall–Kier alpha value is -0.580. The number of benzene rings is 1. The summed E-state index contributed by atoms with van der Waals surface area (Å²) in [5.74, 6) is 1.55. The normalized spacial score (nSPS) is 25.2. The second kappa shape index (κ2) is 5.38. The molecule has 1 aromatic rings. The molecule has 4 heteroatoms. The van der Waals surface area contributed by atoms with Gasteiger partial charge in [-0.3, -0.25) is 0 Å². The Kier molecular flexibility index (Phi) is 4.07. The number of rotatable bonds is 4. The number of ether oxygens (including phenoxy) is 1. The molecule has 0 heterocycles. The number of methoxy groups -OCH3 is 1. The van der Waals surface area contributed by atoms with E-state index >= 15 is 0 Å². The number of nitrogens with one attached hydrogen (secondary N) is 1. The van der Waals surface area contributed by atoms with E-state index in [1.165, 1.54) is 5.56 Å². The second-order valence-electron chi connectivity index (χ2n) is 4.64. The van der Waals surface area contributed by atoms with Crippen LogP contribution in [0.25, 0.3) is 0 Å². The van der Waals surface area contributed by atoms with Gasteiger partial charge in [0.15, 0.2) is 0 Å². The third kappa shape index (κ3) is 2.64. The molecule has 1 fully saturated rings. The highest BCUT2D eigenvalue weighted by molar-refractivity contribution is 9.10. The lowest BCUT2D eigenvalue weighted by molar-refractivity contribution is 0.201. The molecular weight excluding hydrogens is 280 g/mol. The highest BCUT2D eigenvalue weighted by Gasteiger charge is 2.34. The predicted molar refractivity (Wildman–Crippen MR) is 73.2 cm³/mol. The van der Waals surface area contributed by atoms with Crippen molar-refractivity contribution in [3.63, 3.8) is 0 Å². The summed E-state index contributed by atoms with van der Waals surface area (Å²) in [5.41, 5.74) is 7.08. The molecule has 1 unspecified atom stereocenters. The van der Waals surface area contributed by atoms with Gasteiger partial charge in [-0.05, 0) is 44.0 Å². The molecule has 0 radical (unpaired) electrons. The molecule has 1 saturated carbocycles. The molecule has 0 amide bonds. The molecule has 1 aromatic carbocycles. The topological polar surface area (TPSA) is 47.3 Å². The first kappa shape index (κ1) is 12.9. The molecule has 1 aliphatic rings. The van der Waals surface area contributed by atoms with Crippen LogP contribution in [0.2, 0.25) is 0 Å². The molecule has 0 bridgehead atoms. The van der Waals surface area contributed by atoms with E-state index in [9.17, 15) is 0 Å². The van der Waals surface area contributed by atoms with Crippen molar-refractivity contribution >= 4 is 15.9 Å². The van der Waals surface area contributed by atoms with Crippen LogP contribution < -0.4 is 15.8 Å². The molecule has 17 heavy (non-hydrogen) atoms. The van der Waals surface area contributed by atoms with E-state index in [1.807, 2.05) is 19.2 Å². The zero-order valence-electron chi connectivity index (χ0n) is 10.2. The first-order valence-electron chi connectivity index (χ1n) is 5.92. The third-order valence-corrected chi connectivity index (χ3v) is 4.01. The van der Waals surface area contributed by atoms with Gasteiger partial charge in [0.1, 0.15) is 5.75 Å². The molecule has 0 saturated heterocycles. The van der Waals surface area contributed by atoms with E-state index < -0.39 is 0 Å². The molecule has 3 nitrogen and oxygen atoms in total. The smallest absolute Gasteiger partial charge is 0.123 e. The quantitative estimate of drug-likeness (QED) is 0.898. The maximum atomic E-state index is 5.87. The van der Waals surface area contributed by atoms with Crippen molar-refractivity contribution in [1.82, 2.24) is 5.32 Å². The Balaban J connectivity index is 2.26. The van der Waals surface area contributed by atoms with Gasteiger partial charge in [0.25, 0.3) is 0 Å². The number of hydrogen-bond acceptors (Lipinski definition) is 3. The van der Waals surface area contributed by atoms with Crippen LogP contribution in [-0.2, 0) is 0 Å². The SMILES string of the molecule is CNC(c1cc(Br)ccc1OC)C1CC(N)C1. The Morgan fingerprint density at radius 2 is 2.18 bits per heavy atom. The molecule has 1 aliphatic carbocycles. The van der Waals surface area contributed by atoms with Crippen LogP contribution in [0.15, 0.2) is 22.7 Å². The fourth-order valence-electron chi connectivity index (χ4n) is 2.57. The van der Waals surface area contributed by atoms with E-state index in [0.29, 0.717) is 18.0 Å². The van der Waals surface area contributed by atoms with Crippen LogP contribution in [0.4, 0.5) is 0 Å². The van der Waals surface area contributed by atoms with Gasteiger partial charge in [0.2, 0.25) is 0 Å². The maximum absolute atomic E-state index is 5.87. The average Bonchev–Trinajstić information content (AvgIpc) is 2.28. The predicted octanol–water partition coefficient (Wildman–Crippen LogP) is 2.46. The van der Waals surface area contributed by atoms with Crippen LogP contribution in [0.5, 0.6) is 5.75 Å². The van der Waals surface area contributed by atoms with Crippen molar-refractivity contribution in [2.75, 3.05) is 14.2 Å². The third-order valence-electron chi connectivity index (χ3n) is 3.52. The van der Waals surface area contributed by atoms with Crippen LogP contribution in [0, 0.1) is 5.92 Å². The van der Waals surface area contributed by atoms with Crippen molar-refractivity contribution in [2.45, 2.75) is 24.9 Å². The zero-order valence-corrected chi connectivity index (χ0v) is 11.8. The van der Waals surface area contributed by atoms with Crippen molar-refractivity contribution in [2.24, 2.45) is 11.7 Å². The summed E-state index contributed by atoms with van der Waals surface area (Å²) in [6, 6.07) is 6.82. The van der Waals surface area contributed by atoms with Gasteiger partial charge < -0.3 is 15.8 Å². The van der Waals surface area contributed by atoms with Crippen molar-refractivity contribution < 1.29 is 4.74 Å². The summed E-state index contributed by atoms with van der Waals surface area (Å²) in [7, 11) is 3.71. The standard InChI is InChI=1S/C13H19BrN2O/c1-16-13(8-5-10(15)6-8)11-7-9(14)3-4-12(11)17-2/h3-4,7-8,10,13,16H,5-6,15H2,1-2H3. The molecular formula is C13H19BrN2O. The largest absolute Gasteiger partial charge is 0.496 e. The Morgan fingerprint density at radius 1 is 1.47 bits per heavy atom. The minimum Gasteiger partial charge on any atom is -0.496 e. The van der Waals surface area contributed by atoms with Gasteiger partial charge in [0.05, 0.1) is 7.11 Å². The highest BCUT2D eigenvalue weighted by Crippen LogP contribution is 2.40. The summed E-state index contributed by atoms with van der Waals surface area (Å²) in [6.45, 7) is 0. The van der Waals surface area contributed by atoms with E-state index in [1.54, 1.807) is 7.11 Å². The van der Waals surface area contributed by atoms with Crippen molar-refractivity contribution in [3.8, 4) is 5.75 Å². The van der Waals surface area contributed by atoms with Gasteiger partial charge >= 0.3 is 0 Å². The Morgan fingerprint density at radius 3 is 2.71 bits per heavy atom. The van der Waals surface area contributed by atoms with Crippen molar-refractivity contribution in [3.05, 3.63) is 28.2 Å². The molecule has 0 aliphatic heterocycles. The minimum absolute atomic E-state index is 0.322. The summed E-state index contributed by atoms with van der Waals surface area (Å²) in [6.07, 6.45) is 2.17. The van der Waals surface area contributed by atoms with Gasteiger partial charge in [0, 0.05) is 22.1 Å². The van der Waals surface area contributed by atoms with E-state index in [2.05, 4.69) is 27.3 Å². The summed E-state index contributed by atoms with van der Waals surface area (Å²) >= 11 is 3.52. The molecule has 1 atom stereocenters. The van der Waals surface area contributed by atoms with Crippen LogP contribution in [-0.4, -0.2) is 20.2 Å². The molecule has 2 rings (SSSR count). The first-order valence-corrected chi connectivity index (χ1v) is 6.71. The Labute approximate surface area is 111 Å². The zero-order chi connectivity index (χ0) is 12.4. The van der Waals surface area contributed by atoms with Crippen LogP contribution >= 0.6 is 15.9 Å². The molecule has 94 valence electrons. The number of hydrogen-bond donors (Lipinski definition) is 2. The highest BCUT2D eigenvalue weighted by atomic mass is 79.9. The van der Waals surface area contributed by atoms with Gasteiger partial charge in [-0.15, -0.1) is 0 Å². The van der Waals surface area contributed by atoms with Crippen LogP contribution in [0.1, 0.15) is 24.4 Å². The van der Waals surface area contributed by atoms with Gasteiger partial charge in [-0.25, -0.2) is 0 Å². The number of nitrogens with two attached hydrogens (primary N) is 1. The number of halogens is 1. The van der Waals surface area contributed by atoms with E-state index in [4.69, 9.17) is 10.5 Å². The lowest BCUT2D eigenvalue weighted by Crippen LogP contribution is -2.42. The maximum Gasteiger partial charge on any atom is 0.123 e. The monoisotopic (exact) mass is 298 g/mol. The molecule has 0 aromatic heterocycles. The summed E-state index contributed by atoms with van der Waals surface area (Å²) < 4.78 is 6.52. The summed E-state index contributed by atoms with van der Waals surface area (Å²) in [5, 5.41) is 3.39. The van der Waals surface area contributed by atoms with Crippen molar-refractivity contribution in [1.29, 1.82) is 0 Å². The fraction of sp³-hybridized carbons (Fsp3) is 0.538. The first-order chi connectivity index (χ1) is 8.15.